The smallest absolute Gasteiger partial charge is 0.416 e. The Morgan fingerprint density at radius 2 is 1.88 bits per heavy atom. The van der Waals surface area contributed by atoms with E-state index < -0.39 is 21.6 Å². The first-order valence-electron chi connectivity index (χ1n) is 7.84. The number of likely N-dealkylation sites (tertiary alicyclic amines) is 1. The van der Waals surface area contributed by atoms with Crippen LogP contribution in [0.2, 0.25) is 0 Å². The highest BCUT2D eigenvalue weighted by Crippen LogP contribution is 2.41. The van der Waals surface area contributed by atoms with Gasteiger partial charge in [-0.3, -0.25) is 4.90 Å². The minimum atomic E-state index is -4.35. The third-order valence-electron chi connectivity index (χ3n) is 4.60. The first-order valence-corrected chi connectivity index (χ1v) is 9.66. The van der Waals surface area contributed by atoms with Gasteiger partial charge in [0.15, 0.2) is 9.84 Å². The van der Waals surface area contributed by atoms with Gasteiger partial charge >= 0.3 is 6.18 Å². The molecule has 1 atom stereocenters. The Hall–Kier alpha value is -1.28. The number of halogens is 3. The summed E-state index contributed by atoms with van der Waals surface area (Å²) in [6, 6.07) is 4.66. The van der Waals surface area contributed by atoms with Crippen LogP contribution in [0.1, 0.15) is 18.9 Å². The summed E-state index contributed by atoms with van der Waals surface area (Å²) < 4.78 is 66.0. The Morgan fingerprint density at radius 1 is 1.25 bits per heavy atom. The van der Waals surface area contributed by atoms with Crippen molar-refractivity contribution in [3.63, 3.8) is 0 Å². The fourth-order valence-corrected chi connectivity index (χ4v) is 5.92. The van der Waals surface area contributed by atoms with Crippen molar-refractivity contribution in [3.8, 4) is 5.75 Å². The van der Waals surface area contributed by atoms with Gasteiger partial charge in [-0.05, 0) is 44.2 Å². The van der Waals surface area contributed by atoms with E-state index in [-0.39, 0.29) is 23.0 Å². The van der Waals surface area contributed by atoms with Crippen molar-refractivity contribution in [2.75, 3.05) is 31.1 Å². The van der Waals surface area contributed by atoms with Gasteiger partial charge in [-0.2, -0.15) is 13.2 Å². The van der Waals surface area contributed by atoms with Crippen LogP contribution in [0.5, 0.6) is 5.75 Å². The fraction of sp³-hybridized carbons (Fsp3) is 0.625. The molecular formula is C16H20F3NO3S. The minimum absolute atomic E-state index is 0.0904. The summed E-state index contributed by atoms with van der Waals surface area (Å²) in [6.07, 6.45) is -3.66. The van der Waals surface area contributed by atoms with Gasteiger partial charge in [-0.25, -0.2) is 8.42 Å². The maximum Gasteiger partial charge on any atom is 0.416 e. The molecule has 0 aromatic heterocycles. The van der Waals surface area contributed by atoms with Crippen LogP contribution >= 0.6 is 0 Å². The second-order valence-corrected chi connectivity index (χ2v) is 9.03. The first kappa shape index (κ1) is 17.5. The molecule has 0 amide bonds. The second kappa shape index (κ2) is 5.91. The average molecular weight is 363 g/mol. The molecule has 2 saturated heterocycles. The molecule has 1 unspecified atom stereocenters. The Kier molecular flexibility index (Phi) is 4.32. The number of hydrogen-bond acceptors (Lipinski definition) is 4. The molecule has 2 aliphatic rings. The standard InChI is InChI=1S/C16H20F3NO3S/c1-12(23-14-4-2-13(3-5-14)16(17,18)19)8-20-7-6-15(9-20)10-24(21,22)11-15/h2-5,12H,6-11H2,1H3. The van der Waals surface area contributed by atoms with Crippen LogP contribution in [0, 0.1) is 5.41 Å². The maximum atomic E-state index is 12.5. The molecule has 0 N–H and O–H groups in total. The van der Waals surface area contributed by atoms with E-state index in [4.69, 9.17) is 4.74 Å². The molecule has 2 heterocycles. The molecule has 0 bridgehead atoms. The average Bonchev–Trinajstić information content (AvgIpc) is 2.79. The summed E-state index contributed by atoms with van der Waals surface area (Å²) in [5.74, 6) is 0.936. The Balaban J connectivity index is 1.50. The van der Waals surface area contributed by atoms with Gasteiger partial charge in [0.25, 0.3) is 0 Å². The van der Waals surface area contributed by atoms with Gasteiger partial charge in [-0.1, -0.05) is 0 Å². The number of benzene rings is 1. The zero-order valence-corrected chi connectivity index (χ0v) is 14.2. The number of hydrogen-bond donors (Lipinski definition) is 0. The molecular weight excluding hydrogens is 343 g/mol. The van der Waals surface area contributed by atoms with E-state index in [2.05, 4.69) is 4.90 Å². The van der Waals surface area contributed by atoms with E-state index in [1.165, 1.54) is 12.1 Å². The van der Waals surface area contributed by atoms with Crippen molar-refractivity contribution in [2.45, 2.75) is 25.6 Å². The van der Waals surface area contributed by atoms with Crippen molar-refractivity contribution < 1.29 is 26.3 Å². The molecule has 0 aliphatic carbocycles. The molecule has 8 heteroatoms. The van der Waals surface area contributed by atoms with Crippen LogP contribution in [-0.4, -0.2) is 50.6 Å². The number of nitrogens with zero attached hydrogens (tertiary/aromatic N) is 1. The van der Waals surface area contributed by atoms with Gasteiger partial charge in [0.2, 0.25) is 0 Å². The van der Waals surface area contributed by atoms with Crippen LogP contribution in [0.25, 0.3) is 0 Å². The van der Waals surface area contributed by atoms with Crippen LogP contribution in [0.15, 0.2) is 24.3 Å². The van der Waals surface area contributed by atoms with Crippen molar-refractivity contribution >= 4 is 9.84 Å². The molecule has 1 aromatic rings. The Labute approximate surface area is 139 Å². The molecule has 3 rings (SSSR count). The molecule has 1 aromatic carbocycles. The summed E-state index contributed by atoms with van der Waals surface area (Å²) >= 11 is 0. The highest BCUT2D eigenvalue weighted by Gasteiger charge is 2.52. The fourth-order valence-electron chi connectivity index (χ4n) is 3.67. The van der Waals surface area contributed by atoms with E-state index in [0.717, 1.165) is 31.6 Å². The Morgan fingerprint density at radius 3 is 2.42 bits per heavy atom. The lowest BCUT2D eigenvalue weighted by atomic mass is 9.91. The van der Waals surface area contributed by atoms with E-state index in [1.807, 2.05) is 6.92 Å². The molecule has 0 saturated carbocycles. The lowest BCUT2D eigenvalue weighted by Gasteiger charge is -2.37. The highest BCUT2D eigenvalue weighted by molar-refractivity contribution is 7.92. The zero-order valence-electron chi connectivity index (χ0n) is 13.3. The van der Waals surface area contributed by atoms with Crippen LogP contribution in [0.4, 0.5) is 13.2 Å². The van der Waals surface area contributed by atoms with Crippen molar-refractivity contribution in [1.29, 1.82) is 0 Å². The molecule has 2 fully saturated rings. The molecule has 4 nitrogen and oxygen atoms in total. The number of sulfone groups is 1. The second-order valence-electron chi connectivity index (χ2n) is 6.97. The van der Waals surface area contributed by atoms with Gasteiger partial charge < -0.3 is 4.74 Å². The number of rotatable bonds is 4. The summed E-state index contributed by atoms with van der Waals surface area (Å²) in [5, 5.41) is 0. The first-order chi connectivity index (χ1) is 11.1. The maximum absolute atomic E-state index is 12.5. The van der Waals surface area contributed by atoms with Crippen LogP contribution < -0.4 is 4.74 Å². The minimum Gasteiger partial charge on any atom is -0.489 e. The van der Waals surface area contributed by atoms with Gasteiger partial charge in [0, 0.05) is 18.5 Å². The van der Waals surface area contributed by atoms with Crippen molar-refractivity contribution in [1.82, 2.24) is 4.90 Å². The van der Waals surface area contributed by atoms with Crippen LogP contribution in [-0.2, 0) is 16.0 Å². The van der Waals surface area contributed by atoms with E-state index in [1.54, 1.807) is 0 Å². The number of alkyl halides is 3. The van der Waals surface area contributed by atoms with E-state index >= 15 is 0 Å². The van der Waals surface area contributed by atoms with Crippen molar-refractivity contribution in [3.05, 3.63) is 29.8 Å². The summed E-state index contributed by atoms with van der Waals surface area (Å²) in [6.45, 7) is 4.06. The van der Waals surface area contributed by atoms with Gasteiger partial charge in [0.1, 0.15) is 11.9 Å². The van der Waals surface area contributed by atoms with Crippen molar-refractivity contribution in [2.24, 2.45) is 5.41 Å². The normalized spacial score (nSPS) is 23.8. The molecule has 2 aliphatic heterocycles. The third-order valence-corrected chi connectivity index (χ3v) is 6.71. The monoisotopic (exact) mass is 363 g/mol. The summed E-state index contributed by atoms with van der Waals surface area (Å²) in [7, 11) is -2.84. The zero-order chi connectivity index (χ0) is 17.6. The molecule has 0 radical (unpaired) electrons. The summed E-state index contributed by atoms with van der Waals surface area (Å²) in [4.78, 5) is 2.17. The lowest BCUT2D eigenvalue weighted by Crippen LogP contribution is -2.50. The SMILES string of the molecule is CC(CN1CCC2(C1)CS(=O)(=O)C2)Oc1ccc(C(F)(F)F)cc1. The highest BCUT2D eigenvalue weighted by atomic mass is 32.2. The topological polar surface area (TPSA) is 46.6 Å². The predicted octanol–water partition coefficient (Wildman–Crippen LogP) is 2.59. The Bertz CT molecular complexity index is 688. The third kappa shape index (κ3) is 3.85. The number of ether oxygens (including phenoxy) is 1. The lowest BCUT2D eigenvalue weighted by molar-refractivity contribution is -0.137. The summed E-state index contributed by atoms with van der Waals surface area (Å²) in [5.41, 5.74) is -0.789. The molecule has 24 heavy (non-hydrogen) atoms. The van der Waals surface area contributed by atoms with Gasteiger partial charge in [-0.15, -0.1) is 0 Å². The quantitative estimate of drug-likeness (QED) is 0.825. The predicted molar refractivity (Wildman–Crippen MR) is 83.7 cm³/mol. The van der Waals surface area contributed by atoms with E-state index in [0.29, 0.717) is 12.3 Å². The van der Waals surface area contributed by atoms with Gasteiger partial charge in [0.05, 0.1) is 17.1 Å². The van der Waals surface area contributed by atoms with Crippen LogP contribution in [0.3, 0.4) is 0 Å². The largest absolute Gasteiger partial charge is 0.489 e. The molecule has 1 spiro atoms. The molecule has 134 valence electrons. The van der Waals surface area contributed by atoms with E-state index in [9.17, 15) is 21.6 Å².